The second kappa shape index (κ2) is 9.65. The fourth-order valence-electron chi connectivity index (χ4n) is 2.90. The number of hydrogen-bond donors (Lipinski definition) is 1. The molecule has 0 aliphatic rings. The largest absolute Gasteiger partial charge is 0.483 e. The van der Waals surface area contributed by atoms with Gasteiger partial charge >= 0.3 is 0 Å². The number of amides is 1. The van der Waals surface area contributed by atoms with Crippen LogP contribution in [0, 0.1) is 5.82 Å². The van der Waals surface area contributed by atoms with Crippen molar-refractivity contribution in [3.8, 4) is 5.75 Å². The molecule has 0 aliphatic carbocycles. The molecule has 0 spiro atoms. The van der Waals surface area contributed by atoms with Gasteiger partial charge < -0.3 is 14.5 Å². The number of nitrogens with one attached hydrogen (secondary N) is 1. The summed E-state index contributed by atoms with van der Waals surface area (Å²) in [5.74, 6) is -0.0435. The van der Waals surface area contributed by atoms with Crippen LogP contribution in [0.25, 0.3) is 0 Å². The highest BCUT2D eigenvalue weighted by Gasteiger charge is 2.15. The number of benzene rings is 2. The Bertz CT molecular complexity index is 1250. The Labute approximate surface area is 197 Å². The van der Waals surface area contributed by atoms with E-state index < -0.39 is 5.91 Å². The smallest absolute Gasteiger partial charge is 0.291 e. The van der Waals surface area contributed by atoms with E-state index in [0.717, 1.165) is 0 Å². The predicted octanol–water partition coefficient (Wildman–Crippen LogP) is 6.46. The van der Waals surface area contributed by atoms with Gasteiger partial charge in [-0.15, -0.1) is 0 Å². The average Bonchev–Trinajstić information content (AvgIpc) is 3.38. The molecule has 0 saturated heterocycles. The van der Waals surface area contributed by atoms with Crippen LogP contribution in [0.1, 0.15) is 21.9 Å². The number of nitrogens with zero attached hydrogens (tertiary/aromatic N) is 2. The molecule has 2 heterocycles. The first-order valence-corrected chi connectivity index (χ1v) is 10.5. The van der Waals surface area contributed by atoms with Crippen LogP contribution in [0.4, 0.5) is 10.1 Å². The zero-order valence-electron chi connectivity index (χ0n) is 16.3. The molecule has 2 aromatic carbocycles. The van der Waals surface area contributed by atoms with Crippen LogP contribution in [-0.4, -0.2) is 15.7 Å². The van der Waals surface area contributed by atoms with Crippen LogP contribution in [0.3, 0.4) is 0 Å². The molecule has 1 N–H and O–H groups in total. The topological polar surface area (TPSA) is 69.3 Å². The van der Waals surface area contributed by atoms with Crippen molar-refractivity contribution in [3.63, 3.8) is 0 Å². The van der Waals surface area contributed by atoms with Gasteiger partial charge in [0.15, 0.2) is 11.5 Å². The van der Waals surface area contributed by atoms with Gasteiger partial charge in [-0.1, -0.05) is 53.0 Å². The normalized spacial score (nSPS) is 10.9. The van der Waals surface area contributed by atoms with Crippen molar-refractivity contribution in [3.05, 3.63) is 98.9 Å². The second-order valence-corrected chi connectivity index (χ2v) is 7.98. The van der Waals surface area contributed by atoms with E-state index in [1.165, 1.54) is 35.1 Å². The molecule has 164 valence electrons. The van der Waals surface area contributed by atoms with Gasteiger partial charge in [-0.05, 0) is 30.3 Å². The Morgan fingerprint density at radius 1 is 1.12 bits per heavy atom. The van der Waals surface area contributed by atoms with E-state index in [1.807, 2.05) is 0 Å². The minimum Gasteiger partial charge on any atom is -0.483 e. The Balaban J connectivity index is 1.36. The molecule has 1 amide bonds. The summed E-state index contributed by atoms with van der Waals surface area (Å²) < 4.78 is 26.5. The van der Waals surface area contributed by atoms with Crippen molar-refractivity contribution in [2.24, 2.45) is 0 Å². The number of halogens is 4. The summed E-state index contributed by atoms with van der Waals surface area (Å²) in [5, 5.41) is 7.74. The Morgan fingerprint density at radius 2 is 1.88 bits per heavy atom. The van der Waals surface area contributed by atoms with E-state index in [4.69, 9.17) is 44.0 Å². The minimum atomic E-state index is -0.468. The fraction of sp³-hybridized carbons (Fsp3) is 0.0909. The molecule has 2 aromatic heterocycles. The Hall–Kier alpha value is -3.00. The van der Waals surface area contributed by atoms with Crippen molar-refractivity contribution < 1.29 is 18.3 Å². The van der Waals surface area contributed by atoms with E-state index in [-0.39, 0.29) is 40.5 Å². The number of aromatic nitrogens is 2. The van der Waals surface area contributed by atoms with Gasteiger partial charge in [-0.25, -0.2) is 4.39 Å². The molecule has 0 bridgehead atoms. The zero-order chi connectivity index (χ0) is 22.7. The molecule has 0 aliphatic heterocycles. The summed E-state index contributed by atoms with van der Waals surface area (Å²) in [6.07, 6.45) is 3.07. The summed E-state index contributed by atoms with van der Waals surface area (Å²) in [6.45, 7) is 0.246. The molecule has 0 atom stereocenters. The average molecular weight is 495 g/mol. The minimum absolute atomic E-state index is 0.00885. The first-order valence-electron chi connectivity index (χ1n) is 9.32. The van der Waals surface area contributed by atoms with E-state index in [0.29, 0.717) is 22.0 Å². The molecule has 6 nitrogen and oxygen atoms in total. The highest BCUT2D eigenvalue weighted by Crippen LogP contribution is 2.36. The number of carbonyl (C=O) groups is 1. The van der Waals surface area contributed by atoms with Crippen molar-refractivity contribution >= 4 is 46.4 Å². The molecule has 0 fully saturated rings. The van der Waals surface area contributed by atoms with Gasteiger partial charge in [-0.2, -0.15) is 5.10 Å². The molecular weight excluding hydrogens is 480 g/mol. The standard InChI is InChI=1S/C22H15Cl3FN3O3/c23-14-7-17(24)21(18(25)8-14)31-12-16-5-6-20(32-16)22(30)28-15-9-27-29(11-15)10-13-3-1-2-4-19(13)26/h1-9,11H,10,12H2,(H,28,30). The van der Waals surface area contributed by atoms with Crippen molar-refractivity contribution in [1.82, 2.24) is 9.78 Å². The van der Waals surface area contributed by atoms with E-state index in [9.17, 15) is 9.18 Å². The molecule has 10 heteroatoms. The summed E-state index contributed by atoms with van der Waals surface area (Å²) in [4.78, 5) is 12.5. The van der Waals surface area contributed by atoms with Crippen molar-refractivity contribution in [2.75, 3.05) is 5.32 Å². The van der Waals surface area contributed by atoms with Crippen LogP contribution in [0.15, 0.2) is 65.3 Å². The lowest BCUT2D eigenvalue weighted by Crippen LogP contribution is -2.10. The molecule has 0 unspecified atom stereocenters. The third-order valence-electron chi connectivity index (χ3n) is 4.39. The number of carbonyl (C=O) groups excluding carboxylic acids is 1. The highest BCUT2D eigenvalue weighted by molar-refractivity contribution is 6.40. The van der Waals surface area contributed by atoms with Gasteiger partial charge in [0.2, 0.25) is 0 Å². The van der Waals surface area contributed by atoms with E-state index in [2.05, 4.69) is 10.4 Å². The molecule has 4 aromatic rings. The molecule has 0 saturated carbocycles. The lowest BCUT2D eigenvalue weighted by molar-refractivity contribution is 0.0992. The monoisotopic (exact) mass is 493 g/mol. The molecular formula is C22H15Cl3FN3O3. The molecule has 0 radical (unpaired) electrons. The third kappa shape index (κ3) is 5.24. The first-order chi connectivity index (χ1) is 15.4. The highest BCUT2D eigenvalue weighted by atomic mass is 35.5. The molecule has 32 heavy (non-hydrogen) atoms. The molecule has 4 rings (SSSR count). The summed E-state index contributed by atoms with van der Waals surface area (Å²) in [7, 11) is 0. The summed E-state index contributed by atoms with van der Waals surface area (Å²) in [6, 6.07) is 12.6. The lowest BCUT2D eigenvalue weighted by atomic mass is 10.2. The predicted molar refractivity (Wildman–Crippen MR) is 120 cm³/mol. The van der Waals surface area contributed by atoms with Crippen molar-refractivity contribution in [2.45, 2.75) is 13.2 Å². The van der Waals surface area contributed by atoms with Crippen LogP contribution in [0.2, 0.25) is 15.1 Å². The van der Waals surface area contributed by atoms with Crippen LogP contribution < -0.4 is 10.1 Å². The second-order valence-electron chi connectivity index (χ2n) is 6.73. The SMILES string of the molecule is O=C(Nc1cnn(Cc2ccccc2F)c1)c1ccc(COc2c(Cl)cc(Cl)cc2Cl)o1. The van der Waals surface area contributed by atoms with Crippen LogP contribution in [0.5, 0.6) is 5.75 Å². The fourth-order valence-corrected chi connectivity index (χ4v) is 3.82. The van der Waals surface area contributed by atoms with Crippen LogP contribution in [-0.2, 0) is 13.2 Å². The third-order valence-corrected chi connectivity index (χ3v) is 5.17. The lowest BCUT2D eigenvalue weighted by Gasteiger charge is -2.09. The van der Waals surface area contributed by atoms with Gasteiger partial charge in [0.25, 0.3) is 5.91 Å². The van der Waals surface area contributed by atoms with Gasteiger partial charge in [-0.3, -0.25) is 9.48 Å². The number of furan rings is 1. The Morgan fingerprint density at radius 3 is 2.62 bits per heavy atom. The maximum Gasteiger partial charge on any atom is 0.291 e. The maximum absolute atomic E-state index is 13.8. The van der Waals surface area contributed by atoms with Gasteiger partial charge in [0.1, 0.15) is 18.2 Å². The van der Waals surface area contributed by atoms with Gasteiger partial charge in [0, 0.05) is 16.8 Å². The van der Waals surface area contributed by atoms with E-state index in [1.54, 1.807) is 30.5 Å². The number of ether oxygens (including phenoxy) is 1. The number of anilines is 1. The Kier molecular flexibility index (Phi) is 6.69. The van der Waals surface area contributed by atoms with Gasteiger partial charge in [0.05, 0.1) is 28.5 Å². The first kappa shape index (κ1) is 22.2. The van der Waals surface area contributed by atoms with Crippen LogP contribution >= 0.6 is 34.8 Å². The van der Waals surface area contributed by atoms with Crippen molar-refractivity contribution in [1.29, 1.82) is 0 Å². The number of hydrogen-bond acceptors (Lipinski definition) is 4. The zero-order valence-corrected chi connectivity index (χ0v) is 18.6. The summed E-state index contributed by atoms with van der Waals surface area (Å²) in [5.41, 5.74) is 0.935. The van der Waals surface area contributed by atoms with E-state index >= 15 is 0 Å². The quantitative estimate of drug-likeness (QED) is 0.320. The summed E-state index contributed by atoms with van der Waals surface area (Å²) >= 11 is 18.1. The number of rotatable bonds is 7. The maximum atomic E-state index is 13.8.